The molecule has 226 valence electrons. The Morgan fingerprint density at radius 3 is 2.19 bits per heavy atom. The van der Waals surface area contributed by atoms with E-state index < -0.39 is 46.2 Å². The molecule has 1 atom stereocenters. The van der Waals surface area contributed by atoms with Crippen LogP contribution < -0.4 is 9.62 Å². The Hall–Kier alpha value is -3.57. The van der Waals surface area contributed by atoms with E-state index in [-0.39, 0.29) is 29.5 Å². The average molecular weight is 624 g/mol. The topological polar surface area (TPSA) is 86.8 Å². The van der Waals surface area contributed by atoms with E-state index in [4.69, 9.17) is 11.6 Å². The summed E-state index contributed by atoms with van der Waals surface area (Å²) in [5.74, 6) is -1.10. The molecule has 3 rings (SSSR count). The highest BCUT2D eigenvalue weighted by Gasteiger charge is 2.36. The van der Waals surface area contributed by atoms with Gasteiger partial charge >= 0.3 is 6.18 Å². The number of hydrogen-bond donors (Lipinski definition) is 1. The summed E-state index contributed by atoms with van der Waals surface area (Å²) in [7, 11) is -4.51. The lowest BCUT2D eigenvalue weighted by Crippen LogP contribution is -2.52. The third-order valence-corrected chi connectivity index (χ3v) is 8.60. The van der Waals surface area contributed by atoms with E-state index in [1.807, 2.05) is 13.8 Å². The van der Waals surface area contributed by atoms with Crippen LogP contribution in [0.2, 0.25) is 5.02 Å². The fourth-order valence-corrected chi connectivity index (χ4v) is 5.86. The van der Waals surface area contributed by atoms with E-state index in [0.717, 1.165) is 12.1 Å². The highest BCUT2D eigenvalue weighted by atomic mass is 35.5. The molecule has 0 spiro atoms. The SMILES string of the molecule is CCC(C(=O)NCC(C)C)N(Cc1ccccc1Cl)C(=O)CN(c1cccc(C(F)(F)F)c1)S(=O)(=O)c1ccccc1. The Morgan fingerprint density at radius 2 is 1.60 bits per heavy atom. The van der Waals surface area contributed by atoms with Crippen LogP contribution in [0.4, 0.5) is 18.9 Å². The number of halogens is 4. The van der Waals surface area contributed by atoms with Gasteiger partial charge in [-0.3, -0.25) is 13.9 Å². The number of nitrogens with zero attached hydrogens (tertiary/aromatic N) is 2. The van der Waals surface area contributed by atoms with Gasteiger partial charge in [-0.15, -0.1) is 0 Å². The molecule has 0 saturated carbocycles. The summed E-state index contributed by atoms with van der Waals surface area (Å²) >= 11 is 6.37. The maximum absolute atomic E-state index is 14.0. The van der Waals surface area contributed by atoms with Crippen LogP contribution in [0, 0.1) is 5.92 Å². The summed E-state index contributed by atoms with van der Waals surface area (Å²) in [4.78, 5) is 28.3. The Bertz CT molecular complexity index is 1480. The standard InChI is InChI=1S/C30H33ClF3N3O4S/c1-4-27(29(39)35-18-21(2)3)36(19-22-11-8-9-16-26(22)31)28(38)20-37(42(40,41)25-14-6-5-7-15-25)24-13-10-12-23(17-24)30(32,33)34/h5-17,21,27H,4,18-20H2,1-3H3,(H,35,39). The molecule has 0 fully saturated rings. The molecule has 12 heteroatoms. The summed E-state index contributed by atoms with van der Waals surface area (Å²) in [5, 5.41) is 3.14. The third-order valence-electron chi connectivity index (χ3n) is 6.44. The van der Waals surface area contributed by atoms with Crippen molar-refractivity contribution < 1.29 is 31.2 Å². The quantitative estimate of drug-likeness (QED) is 0.263. The van der Waals surface area contributed by atoms with Crippen LogP contribution in [0.15, 0.2) is 83.8 Å². The second kappa shape index (κ2) is 14.1. The Morgan fingerprint density at radius 1 is 0.952 bits per heavy atom. The molecule has 0 aromatic heterocycles. The molecule has 0 saturated heterocycles. The minimum atomic E-state index is -4.75. The number of hydrogen-bond acceptors (Lipinski definition) is 4. The van der Waals surface area contributed by atoms with Gasteiger partial charge in [-0.25, -0.2) is 8.42 Å². The molecule has 0 radical (unpaired) electrons. The highest BCUT2D eigenvalue weighted by molar-refractivity contribution is 7.92. The second-order valence-electron chi connectivity index (χ2n) is 10.0. The van der Waals surface area contributed by atoms with Crippen LogP contribution in [-0.4, -0.2) is 44.3 Å². The first-order chi connectivity index (χ1) is 19.8. The molecule has 3 aromatic rings. The fraction of sp³-hybridized carbons (Fsp3) is 0.333. The normalized spacial score (nSPS) is 12.6. The first-order valence-electron chi connectivity index (χ1n) is 13.3. The summed E-state index contributed by atoms with van der Waals surface area (Å²) < 4.78 is 69.0. The molecule has 42 heavy (non-hydrogen) atoms. The second-order valence-corrected chi connectivity index (χ2v) is 12.3. The molecule has 0 heterocycles. The zero-order valence-corrected chi connectivity index (χ0v) is 25.0. The molecule has 0 aliphatic carbocycles. The number of anilines is 1. The number of sulfonamides is 1. The monoisotopic (exact) mass is 623 g/mol. The molecule has 7 nitrogen and oxygen atoms in total. The van der Waals surface area contributed by atoms with Crippen molar-refractivity contribution in [2.24, 2.45) is 5.92 Å². The van der Waals surface area contributed by atoms with Gasteiger partial charge in [-0.1, -0.05) is 74.8 Å². The van der Waals surface area contributed by atoms with Crippen molar-refractivity contribution in [2.75, 3.05) is 17.4 Å². The Labute approximate surface area is 249 Å². The third kappa shape index (κ3) is 8.25. The zero-order chi connectivity index (χ0) is 31.1. The molecule has 1 N–H and O–H groups in total. The number of carbonyl (C=O) groups excluding carboxylic acids is 2. The molecular weight excluding hydrogens is 591 g/mol. The van der Waals surface area contributed by atoms with Crippen molar-refractivity contribution in [2.45, 2.75) is 50.9 Å². The van der Waals surface area contributed by atoms with Gasteiger partial charge in [0.2, 0.25) is 11.8 Å². The van der Waals surface area contributed by atoms with Gasteiger partial charge in [0.05, 0.1) is 16.1 Å². The van der Waals surface area contributed by atoms with E-state index in [1.54, 1.807) is 37.3 Å². The summed E-state index contributed by atoms with van der Waals surface area (Å²) in [5.41, 5.74) is -0.913. The van der Waals surface area contributed by atoms with Crippen molar-refractivity contribution in [3.8, 4) is 0 Å². The van der Waals surface area contributed by atoms with Gasteiger partial charge in [-0.2, -0.15) is 13.2 Å². The molecule has 0 aliphatic rings. The molecular formula is C30H33ClF3N3O4S. The molecule has 1 unspecified atom stereocenters. The van der Waals surface area contributed by atoms with E-state index in [2.05, 4.69) is 5.32 Å². The van der Waals surface area contributed by atoms with Crippen molar-refractivity contribution in [3.05, 3.63) is 95.0 Å². The number of carbonyl (C=O) groups is 2. The lowest BCUT2D eigenvalue weighted by Gasteiger charge is -2.33. The van der Waals surface area contributed by atoms with Crippen LogP contribution in [0.1, 0.15) is 38.3 Å². The van der Waals surface area contributed by atoms with Gasteiger partial charge < -0.3 is 10.2 Å². The maximum atomic E-state index is 14.0. The summed E-state index contributed by atoms with van der Waals surface area (Å²) in [6.45, 7) is 4.88. The van der Waals surface area contributed by atoms with Crippen molar-refractivity contribution >= 4 is 39.1 Å². The van der Waals surface area contributed by atoms with E-state index in [0.29, 0.717) is 27.5 Å². The van der Waals surface area contributed by atoms with Gasteiger partial charge in [0, 0.05) is 18.1 Å². The molecule has 0 aliphatic heterocycles. The van der Waals surface area contributed by atoms with Gasteiger partial charge in [0.25, 0.3) is 10.0 Å². The molecule has 3 aromatic carbocycles. The smallest absolute Gasteiger partial charge is 0.354 e. The van der Waals surface area contributed by atoms with Crippen LogP contribution >= 0.6 is 11.6 Å². The average Bonchev–Trinajstić information content (AvgIpc) is 2.95. The minimum absolute atomic E-state index is 0.131. The van der Waals surface area contributed by atoms with E-state index in [1.165, 1.54) is 35.2 Å². The van der Waals surface area contributed by atoms with Crippen LogP contribution in [0.5, 0.6) is 0 Å². The van der Waals surface area contributed by atoms with Crippen LogP contribution in [0.25, 0.3) is 0 Å². The lowest BCUT2D eigenvalue weighted by atomic mass is 10.1. The van der Waals surface area contributed by atoms with Crippen molar-refractivity contribution in [1.82, 2.24) is 10.2 Å². The maximum Gasteiger partial charge on any atom is 0.416 e. The Balaban J connectivity index is 2.11. The minimum Gasteiger partial charge on any atom is -0.354 e. The number of nitrogens with one attached hydrogen (secondary N) is 1. The van der Waals surface area contributed by atoms with Gasteiger partial charge in [0.1, 0.15) is 12.6 Å². The highest BCUT2D eigenvalue weighted by Crippen LogP contribution is 2.33. The number of benzene rings is 3. The lowest BCUT2D eigenvalue weighted by molar-refractivity contribution is -0.140. The molecule has 2 amide bonds. The summed E-state index contributed by atoms with van der Waals surface area (Å²) in [6, 6.07) is 16.6. The van der Waals surface area contributed by atoms with E-state index >= 15 is 0 Å². The first kappa shape index (κ1) is 32.9. The number of alkyl halides is 3. The predicted octanol–water partition coefficient (Wildman–Crippen LogP) is 6.13. The van der Waals surface area contributed by atoms with Gasteiger partial charge in [-0.05, 0) is 54.3 Å². The zero-order valence-electron chi connectivity index (χ0n) is 23.4. The van der Waals surface area contributed by atoms with Crippen molar-refractivity contribution in [3.63, 3.8) is 0 Å². The van der Waals surface area contributed by atoms with E-state index in [9.17, 15) is 31.2 Å². The predicted molar refractivity (Wildman–Crippen MR) is 156 cm³/mol. The fourth-order valence-electron chi connectivity index (χ4n) is 4.24. The Kier molecular flexibility index (Phi) is 11.0. The largest absolute Gasteiger partial charge is 0.416 e. The first-order valence-corrected chi connectivity index (χ1v) is 15.1. The number of rotatable bonds is 12. The summed E-state index contributed by atoms with van der Waals surface area (Å²) in [6.07, 6.45) is -4.56. The van der Waals surface area contributed by atoms with Gasteiger partial charge in [0.15, 0.2) is 0 Å². The van der Waals surface area contributed by atoms with Crippen LogP contribution in [0.3, 0.4) is 0 Å². The van der Waals surface area contributed by atoms with Crippen LogP contribution in [-0.2, 0) is 32.3 Å². The molecule has 0 bridgehead atoms. The van der Waals surface area contributed by atoms with Crippen molar-refractivity contribution in [1.29, 1.82) is 0 Å². The number of amides is 2.